The lowest BCUT2D eigenvalue weighted by Crippen LogP contribution is -2.00. The minimum absolute atomic E-state index is 0.134. The van der Waals surface area contributed by atoms with Gasteiger partial charge in [0.2, 0.25) is 0 Å². The summed E-state index contributed by atoms with van der Waals surface area (Å²) < 4.78 is 25.5. The molecule has 2 aromatic carbocycles. The number of aldehydes is 1. The van der Waals surface area contributed by atoms with Crippen molar-refractivity contribution in [2.45, 2.75) is 13.2 Å². The van der Waals surface area contributed by atoms with Crippen LogP contribution in [0.5, 0.6) is 11.5 Å². The van der Waals surface area contributed by atoms with Crippen LogP contribution in [0, 0.1) is 5.82 Å². The first kappa shape index (κ1) is 16.6. The van der Waals surface area contributed by atoms with Gasteiger partial charge in [-0.2, -0.15) is 0 Å². The summed E-state index contributed by atoms with van der Waals surface area (Å²) in [5.41, 5.74) is 1.82. The predicted octanol–water partition coefficient (Wildman–Crippen LogP) is 2.87. The maximum atomic E-state index is 13.1. The molecule has 0 atom stereocenters. The first-order valence-electron chi connectivity index (χ1n) is 7.57. The fourth-order valence-electron chi connectivity index (χ4n) is 2.29. The Kier molecular flexibility index (Phi) is 5.03. The summed E-state index contributed by atoms with van der Waals surface area (Å²) in [5, 5.41) is 8.08. The number of methoxy groups -OCH3 is 1. The zero-order valence-corrected chi connectivity index (χ0v) is 13.6. The smallest absolute Gasteiger partial charge is 0.153 e. The molecule has 1 aromatic heterocycles. The number of aromatic nitrogens is 3. The highest BCUT2D eigenvalue weighted by Gasteiger charge is 2.07. The van der Waals surface area contributed by atoms with E-state index in [1.807, 2.05) is 24.3 Å². The number of ether oxygens (including phenoxy) is 2. The molecule has 0 aliphatic carbocycles. The van der Waals surface area contributed by atoms with E-state index in [2.05, 4.69) is 10.3 Å². The molecule has 0 saturated carbocycles. The summed E-state index contributed by atoms with van der Waals surface area (Å²) in [6.07, 6.45) is 2.31. The van der Waals surface area contributed by atoms with Crippen molar-refractivity contribution >= 4 is 6.29 Å². The second-order valence-corrected chi connectivity index (χ2v) is 5.34. The van der Waals surface area contributed by atoms with Crippen LogP contribution in [0.25, 0.3) is 0 Å². The van der Waals surface area contributed by atoms with Gasteiger partial charge in [0.25, 0.3) is 0 Å². The van der Waals surface area contributed by atoms with Crippen molar-refractivity contribution in [3.63, 3.8) is 0 Å². The van der Waals surface area contributed by atoms with Crippen LogP contribution in [0.2, 0.25) is 0 Å². The van der Waals surface area contributed by atoms with Crippen molar-refractivity contribution in [3.8, 4) is 11.5 Å². The summed E-state index contributed by atoms with van der Waals surface area (Å²) in [5.74, 6) is 0.614. The molecule has 0 amide bonds. The van der Waals surface area contributed by atoms with Gasteiger partial charge in [-0.1, -0.05) is 17.3 Å². The molecule has 6 nitrogen and oxygen atoms in total. The molecule has 0 aliphatic heterocycles. The molecular weight excluding hydrogens is 325 g/mol. The van der Waals surface area contributed by atoms with E-state index in [9.17, 15) is 9.18 Å². The first-order valence-corrected chi connectivity index (χ1v) is 7.57. The lowest BCUT2D eigenvalue weighted by molar-refractivity contribution is 0.111. The van der Waals surface area contributed by atoms with E-state index in [4.69, 9.17) is 9.47 Å². The average molecular weight is 341 g/mol. The fraction of sp³-hybridized carbons (Fsp3) is 0.167. The van der Waals surface area contributed by atoms with Gasteiger partial charge in [0.1, 0.15) is 29.6 Å². The molecule has 0 aliphatic rings. The Morgan fingerprint density at radius 2 is 2.00 bits per heavy atom. The van der Waals surface area contributed by atoms with Gasteiger partial charge in [-0.25, -0.2) is 9.07 Å². The van der Waals surface area contributed by atoms with E-state index in [0.29, 0.717) is 24.3 Å². The van der Waals surface area contributed by atoms with Crippen LogP contribution in [0.3, 0.4) is 0 Å². The maximum Gasteiger partial charge on any atom is 0.153 e. The Hall–Kier alpha value is -3.22. The monoisotopic (exact) mass is 341 g/mol. The molecule has 7 heteroatoms. The number of carbonyl (C=O) groups excluding carboxylic acids is 1. The van der Waals surface area contributed by atoms with E-state index in [-0.39, 0.29) is 12.2 Å². The van der Waals surface area contributed by atoms with Crippen LogP contribution in [-0.4, -0.2) is 28.4 Å². The van der Waals surface area contributed by atoms with Crippen LogP contribution in [0.15, 0.2) is 48.7 Å². The highest BCUT2D eigenvalue weighted by atomic mass is 19.1. The number of halogens is 1. The van der Waals surface area contributed by atoms with Crippen LogP contribution in [-0.2, 0) is 13.2 Å². The van der Waals surface area contributed by atoms with Crippen molar-refractivity contribution < 1.29 is 18.7 Å². The first-order chi connectivity index (χ1) is 12.2. The van der Waals surface area contributed by atoms with Crippen molar-refractivity contribution in [1.29, 1.82) is 0 Å². The Labute approximate surface area is 143 Å². The molecule has 1 heterocycles. The van der Waals surface area contributed by atoms with Gasteiger partial charge in [-0.05, 0) is 35.9 Å². The second-order valence-electron chi connectivity index (χ2n) is 5.34. The van der Waals surface area contributed by atoms with Crippen molar-refractivity contribution in [1.82, 2.24) is 15.0 Å². The van der Waals surface area contributed by atoms with Gasteiger partial charge in [0.05, 0.1) is 25.4 Å². The molecule has 0 saturated heterocycles. The summed E-state index contributed by atoms with van der Waals surface area (Å²) in [6.45, 7) is 0.697. The van der Waals surface area contributed by atoms with Gasteiger partial charge in [0.15, 0.2) is 6.29 Å². The molecule has 3 aromatic rings. The highest BCUT2D eigenvalue weighted by Crippen LogP contribution is 2.19. The minimum atomic E-state index is -0.486. The van der Waals surface area contributed by atoms with Crippen molar-refractivity contribution in [3.05, 3.63) is 71.3 Å². The Morgan fingerprint density at radius 1 is 1.20 bits per heavy atom. The third-order valence-corrected chi connectivity index (χ3v) is 3.56. The SMILES string of the molecule is COc1ccc(Cn2cc(COc3ccc(F)cc3C=O)nn2)cc1. The van der Waals surface area contributed by atoms with E-state index >= 15 is 0 Å². The minimum Gasteiger partial charge on any atom is -0.497 e. The number of hydrogen-bond donors (Lipinski definition) is 0. The van der Waals surface area contributed by atoms with Crippen LogP contribution in [0.1, 0.15) is 21.6 Å². The van der Waals surface area contributed by atoms with Gasteiger partial charge in [-0.3, -0.25) is 4.79 Å². The average Bonchev–Trinajstić information content (AvgIpc) is 3.08. The number of hydrogen-bond acceptors (Lipinski definition) is 5. The summed E-state index contributed by atoms with van der Waals surface area (Å²) in [4.78, 5) is 11.0. The van der Waals surface area contributed by atoms with Crippen LogP contribution in [0.4, 0.5) is 4.39 Å². The van der Waals surface area contributed by atoms with Gasteiger partial charge >= 0.3 is 0 Å². The molecule has 0 spiro atoms. The lowest BCUT2D eigenvalue weighted by Gasteiger charge is -2.06. The molecule has 128 valence electrons. The summed E-state index contributed by atoms with van der Waals surface area (Å²) >= 11 is 0. The number of carbonyl (C=O) groups is 1. The number of benzene rings is 2. The van der Waals surface area contributed by atoms with E-state index < -0.39 is 5.82 Å². The summed E-state index contributed by atoms with van der Waals surface area (Å²) in [7, 11) is 1.62. The topological polar surface area (TPSA) is 66.2 Å². The quantitative estimate of drug-likeness (QED) is 0.618. The van der Waals surface area contributed by atoms with E-state index in [0.717, 1.165) is 17.4 Å². The van der Waals surface area contributed by atoms with Crippen molar-refractivity contribution in [2.24, 2.45) is 0 Å². The fourth-order valence-corrected chi connectivity index (χ4v) is 2.29. The summed E-state index contributed by atoms with van der Waals surface area (Å²) in [6, 6.07) is 11.4. The molecule has 25 heavy (non-hydrogen) atoms. The Bertz CT molecular complexity index is 862. The molecule has 3 rings (SSSR count). The maximum absolute atomic E-state index is 13.1. The third-order valence-electron chi connectivity index (χ3n) is 3.56. The van der Waals surface area contributed by atoms with Crippen LogP contribution < -0.4 is 9.47 Å². The standard InChI is InChI=1S/C18H16FN3O3/c1-24-17-5-2-13(3-6-17)9-22-10-16(20-21-22)12-25-18-7-4-15(19)8-14(18)11-23/h2-8,10-11H,9,12H2,1H3. The van der Waals surface area contributed by atoms with Crippen molar-refractivity contribution in [2.75, 3.05) is 7.11 Å². The Morgan fingerprint density at radius 3 is 2.72 bits per heavy atom. The van der Waals surface area contributed by atoms with Gasteiger partial charge in [-0.15, -0.1) is 5.10 Å². The largest absolute Gasteiger partial charge is 0.497 e. The molecule has 0 N–H and O–H groups in total. The molecule has 0 bridgehead atoms. The van der Waals surface area contributed by atoms with E-state index in [1.54, 1.807) is 18.0 Å². The predicted molar refractivity (Wildman–Crippen MR) is 88.2 cm³/mol. The lowest BCUT2D eigenvalue weighted by atomic mass is 10.2. The second kappa shape index (κ2) is 7.57. The zero-order chi connectivity index (χ0) is 17.6. The molecule has 0 radical (unpaired) electrons. The van der Waals surface area contributed by atoms with Gasteiger partial charge in [0, 0.05) is 0 Å². The molecule has 0 fully saturated rings. The Balaban J connectivity index is 1.62. The normalized spacial score (nSPS) is 10.5. The number of rotatable bonds is 7. The van der Waals surface area contributed by atoms with Crippen LogP contribution >= 0.6 is 0 Å². The van der Waals surface area contributed by atoms with E-state index in [1.165, 1.54) is 12.1 Å². The number of nitrogens with zero attached hydrogens (tertiary/aromatic N) is 3. The molecular formula is C18H16FN3O3. The zero-order valence-electron chi connectivity index (χ0n) is 13.6. The highest BCUT2D eigenvalue weighted by molar-refractivity contribution is 5.79. The molecule has 0 unspecified atom stereocenters. The van der Waals surface area contributed by atoms with Gasteiger partial charge < -0.3 is 9.47 Å². The third kappa shape index (κ3) is 4.20.